The summed E-state index contributed by atoms with van der Waals surface area (Å²) < 4.78 is 7.52. The lowest BCUT2D eigenvalue weighted by atomic mass is 9.80. The summed E-state index contributed by atoms with van der Waals surface area (Å²) >= 11 is 5.92. The summed E-state index contributed by atoms with van der Waals surface area (Å²) in [5.74, 6) is 2.78. The number of hydrogen-bond acceptors (Lipinski definition) is 4. The zero-order valence-electron chi connectivity index (χ0n) is 11.8. The van der Waals surface area contributed by atoms with E-state index in [2.05, 4.69) is 26.4 Å². The summed E-state index contributed by atoms with van der Waals surface area (Å²) in [6, 6.07) is 0.395. The molecule has 0 aromatic carbocycles. The molecule has 0 aliphatic heterocycles. The third kappa shape index (κ3) is 2.14. The van der Waals surface area contributed by atoms with E-state index in [-0.39, 0.29) is 0 Å². The van der Waals surface area contributed by atoms with Crippen molar-refractivity contribution in [3.05, 3.63) is 12.2 Å². The van der Waals surface area contributed by atoms with Crippen molar-refractivity contribution in [3.63, 3.8) is 0 Å². The van der Waals surface area contributed by atoms with Crippen molar-refractivity contribution in [3.8, 4) is 5.88 Å². The van der Waals surface area contributed by atoms with Gasteiger partial charge in [-0.1, -0.05) is 6.42 Å². The molecular formula is C14H19ClN4O. The van der Waals surface area contributed by atoms with Crippen molar-refractivity contribution < 1.29 is 4.74 Å². The highest BCUT2D eigenvalue weighted by Gasteiger charge is 2.29. The summed E-state index contributed by atoms with van der Waals surface area (Å²) in [4.78, 5) is 13.2. The van der Waals surface area contributed by atoms with E-state index in [0.717, 1.165) is 23.4 Å². The van der Waals surface area contributed by atoms with E-state index in [1.165, 1.54) is 25.6 Å². The number of alkyl halides is 1. The predicted molar refractivity (Wildman–Crippen MR) is 78.4 cm³/mol. The maximum Gasteiger partial charge on any atom is 0.245 e. The van der Waals surface area contributed by atoms with Gasteiger partial charge in [0.1, 0.15) is 12.2 Å². The number of halogens is 1. The Hall–Kier alpha value is -1.36. The summed E-state index contributed by atoms with van der Waals surface area (Å²) in [5.41, 5.74) is 1.60. The minimum Gasteiger partial charge on any atom is -0.479 e. The molecule has 2 aromatic rings. The minimum atomic E-state index is 0.395. The van der Waals surface area contributed by atoms with Gasteiger partial charge in [0.15, 0.2) is 11.2 Å². The summed E-state index contributed by atoms with van der Waals surface area (Å²) in [6.07, 6.45) is 6.16. The molecule has 1 atom stereocenters. The fourth-order valence-electron chi connectivity index (χ4n) is 2.90. The first-order chi connectivity index (χ1) is 9.76. The second kappa shape index (κ2) is 5.56. The van der Waals surface area contributed by atoms with Crippen LogP contribution in [0.2, 0.25) is 0 Å². The first-order valence-electron chi connectivity index (χ1n) is 7.08. The standard InChI is InChI=1S/C14H19ClN4O/c1-9(10-4-3-5-10)19-11(6-7-15)18-12-13(19)16-8-17-14(12)20-2/h8-10H,3-7H2,1-2H3. The highest BCUT2D eigenvalue weighted by Crippen LogP contribution is 2.38. The molecule has 0 amide bonds. The lowest BCUT2D eigenvalue weighted by molar-refractivity contribution is 0.222. The molecule has 0 bridgehead atoms. The van der Waals surface area contributed by atoms with Gasteiger partial charge in [-0.3, -0.25) is 0 Å². The van der Waals surface area contributed by atoms with Crippen molar-refractivity contribution in [1.29, 1.82) is 0 Å². The fourth-order valence-corrected chi connectivity index (χ4v) is 3.07. The molecule has 5 nitrogen and oxygen atoms in total. The normalized spacial score (nSPS) is 17.1. The van der Waals surface area contributed by atoms with Crippen LogP contribution in [0.5, 0.6) is 5.88 Å². The van der Waals surface area contributed by atoms with Gasteiger partial charge in [0, 0.05) is 18.3 Å². The van der Waals surface area contributed by atoms with Gasteiger partial charge in [0.2, 0.25) is 5.88 Å². The van der Waals surface area contributed by atoms with Gasteiger partial charge in [0.25, 0.3) is 0 Å². The molecule has 0 saturated heterocycles. The molecule has 1 fully saturated rings. The van der Waals surface area contributed by atoms with E-state index in [4.69, 9.17) is 16.3 Å². The van der Waals surface area contributed by atoms with Crippen LogP contribution in [0.4, 0.5) is 0 Å². The first kappa shape index (κ1) is 13.6. The zero-order valence-corrected chi connectivity index (χ0v) is 12.6. The van der Waals surface area contributed by atoms with Crippen LogP contribution in [-0.2, 0) is 6.42 Å². The number of rotatable bonds is 5. The number of aryl methyl sites for hydroxylation is 1. The van der Waals surface area contributed by atoms with E-state index < -0.39 is 0 Å². The number of nitrogens with zero attached hydrogens (tertiary/aromatic N) is 4. The molecule has 6 heteroatoms. The van der Waals surface area contributed by atoms with Crippen LogP contribution in [0.3, 0.4) is 0 Å². The van der Waals surface area contributed by atoms with Gasteiger partial charge in [-0.2, -0.15) is 4.98 Å². The van der Waals surface area contributed by atoms with E-state index >= 15 is 0 Å². The molecule has 3 rings (SSSR count). The maximum atomic E-state index is 5.92. The molecular weight excluding hydrogens is 276 g/mol. The number of methoxy groups -OCH3 is 1. The van der Waals surface area contributed by atoms with Gasteiger partial charge >= 0.3 is 0 Å². The molecule has 1 unspecified atom stereocenters. The lowest BCUT2D eigenvalue weighted by Crippen LogP contribution is -2.24. The summed E-state index contributed by atoms with van der Waals surface area (Å²) in [6.45, 7) is 2.25. The highest BCUT2D eigenvalue weighted by atomic mass is 35.5. The second-order valence-electron chi connectivity index (χ2n) is 5.32. The quantitative estimate of drug-likeness (QED) is 0.796. The lowest BCUT2D eigenvalue weighted by Gasteiger charge is -2.33. The van der Waals surface area contributed by atoms with Crippen LogP contribution in [0.15, 0.2) is 6.33 Å². The molecule has 0 N–H and O–H groups in total. The van der Waals surface area contributed by atoms with E-state index in [1.54, 1.807) is 7.11 Å². The molecule has 1 saturated carbocycles. The summed E-state index contributed by atoms with van der Waals surface area (Å²) in [5, 5.41) is 0. The van der Waals surface area contributed by atoms with Crippen LogP contribution in [0, 0.1) is 5.92 Å². The van der Waals surface area contributed by atoms with Gasteiger partial charge in [-0.15, -0.1) is 11.6 Å². The van der Waals surface area contributed by atoms with Gasteiger partial charge in [0.05, 0.1) is 7.11 Å². The second-order valence-corrected chi connectivity index (χ2v) is 5.70. The van der Waals surface area contributed by atoms with Crippen molar-refractivity contribution in [2.24, 2.45) is 5.92 Å². The minimum absolute atomic E-state index is 0.395. The zero-order chi connectivity index (χ0) is 14.1. The first-order valence-corrected chi connectivity index (χ1v) is 7.61. The Morgan fingerprint density at radius 3 is 2.85 bits per heavy atom. The van der Waals surface area contributed by atoms with Gasteiger partial charge in [-0.25, -0.2) is 9.97 Å². The molecule has 1 aliphatic carbocycles. The molecule has 1 aliphatic rings. The van der Waals surface area contributed by atoms with Crippen LogP contribution < -0.4 is 4.74 Å². The molecule has 2 heterocycles. The van der Waals surface area contributed by atoms with Gasteiger partial charge < -0.3 is 9.30 Å². The fraction of sp³-hybridized carbons (Fsp3) is 0.643. The Kier molecular flexibility index (Phi) is 3.78. The van der Waals surface area contributed by atoms with E-state index in [1.807, 2.05) is 0 Å². The van der Waals surface area contributed by atoms with Crippen molar-refractivity contribution in [2.45, 2.75) is 38.6 Å². The third-order valence-electron chi connectivity index (χ3n) is 4.27. The highest BCUT2D eigenvalue weighted by molar-refractivity contribution is 6.17. The van der Waals surface area contributed by atoms with Crippen LogP contribution in [-0.4, -0.2) is 32.5 Å². The van der Waals surface area contributed by atoms with E-state index in [9.17, 15) is 0 Å². The Labute approximate surface area is 123 Å². The molecule has 0 radical (unpaired) electrons. The molecule has 108 valence electrons. The Balaban J connectivity index is 2.13. The Bertz CT molecular complexity index is 608. The SMILES string of the molecule is COc1ncnc2c1nc(CCCl)n2C(C)C1CCC1. The van der Waals surface area contributed by atoms with Crippen LogP contribution in [0.1, 0.15) is 38.1 Å². The van der Waals surface area contributed by atoms with Crippen molar-refractivity contribution >= 4 is 22.8 Å². The van der Waals surface area contributed by atoms with Crippen molar-refractivity contribution in [2.75, 3.05) is 13.0 Å². The van der Waals surface area contributed by atoms with Crippen LogP contribution in [0.25, 0.3) is 11.2 Å². The van der Waals surface area contributed by atoms with Gasteiger partial charge in [-0.05, 0) is 25.7 Å². The largest absolute Gasteiger partial charge is 0.479 e. The topological polar surface area (TPSA) is 52.8 Å². The van der Waals surface area contributed by atoms with Crippen LogP contribution >= 0.6 is 11.6 Å². The number of aromatic nitrogens is 4. The molecule has 0 spiro atoms. The average Bonchev–Trinajstić information content (AvgIpc) is 2.74. The Morgan fingerprint density at radius 2 is 2.25 bits per heavy atom. The summed E-state index contributed by atoms with van der Waals surface area (Å²) in [7, 11) is 1.61. The average molecular weight is 295 g/mol. The van der Waals surface area contributed by atoms with Crippen molar-refractivity contribution in [1.82, 2.24) is 19.5 Å². The third-order valence-corrected chi connectivity index (χ3v) is 4.46. The van der Waals surface area contributed by atoms with E-state index in [0.29, 0.717) is 23.7 Å². The number of ether oxygens (including phenoxy) is 1. The number of hydrogen-bond donors (Lipinski definition) is 0. The smallest absolute Gasteiger partial charge is 0.245 e. The maximum absolute atomic E-state index is 5.92. The predicted octanol–water partition coefficient (Wildman–Crippen LogP) is 2.98. The monoisotopic (exact) mass is 294 g/mol. The molecule has 2 aromatic heterocycles. The number of imidazole rings is 1. The number of fused-ring (bicyclic) bond motifs is 1. The molecule has 20 heavy (non-hydrogen) atoms. The Morgan fingerprint density at radius 1 is 1.45 bits per heavy atom.